The number of aromatic hydroxyl groups is 1. The molecule has 0 fully saturated rings. The van der Waals surface area contributed by atoms with Crippen molar-refractivity contribution in [3.05, 3.63) is 23.3 Å². The maximum Gasteiger partial charge on any atom is 0.342 e. The van der Waals surface area contributed by atoms with Crippen LogP contribution in [0.25, 0.3) is 0 Å². The van der Waals surface area contributed by atoms with Crippen molar-refractivity contribution in [2.45, 2.75) is 102 Å². The fourth-order valence-corrected chi connectivity index (χ4v) is 3.62. The molecule has 0 aliphatic rings. The number of rotatable bonds is 7. The van der Waals surface area contributed by atoms with Crippen molar-refractivity contribution in [2.75, 3.05) is 0 Å². The van der Waals surface area contributed by atoms with Crippen molar-refractivity contribution < 1.29 is 19.7 Å². The predicted molar refractivity (Wildman–Crippen MR) is 112 cm³/mol. The van der Waals surface area contributed by atoms with Crippen LogP contribution in [-0.4, -0.2) is 22.4 Å². The third-order valence-corrected chi connectivity index (χ3v) is 5.69. The van der Waals surface area contributed by atoms with Crippen molar-refractivity contribution in [3.8, 4) is 5.75 Å². The minimum atomic E-state index is -0.337. The summed E-state index contributed by atoms with van der Waals surface area (Å²) in [7, 11) is 0. The van der Waals surface area contributed by atoms with Gasteiger partial charge in [0.15, 0.2) is 0 Å². The lowest BCUT2D eigenvalue weighted by molar-refractivity contribution is -0.293. The van der Waals surface area contributed by atoms with Crippen LogP contribution in [0.15, 0.2) is 17.0 Å². The molecular formula is C22H36O4S. The molecule has 0 heterocycles. The van der Waals surface area contributed by atoms with Gasteiger partial charge >= 0.3 is 5.97 Å². The molecule has 154 valence electrons. The third kappa shape index (κ3) is 7.04. The molecule has 0 aliphatic carbocycles. The lowest BCUT2D eigenvalue weighted by atomic mass is 9.79. The average Bonchev–Trinajstić information content (AvgIpc) is 2.52. The van der Waals surface area contributed by atoms with E-state index in [-0.39, 0.29) is 28.2 Å². The highest BCUT2D eigenvalue weighted by atomic mass is 32.2. The van der Waals surface area contributed by atoms with E-state index in [4.69, 9.17) is 9.78 Å². The second-order valence-corrected chi connectivity index (χ2v) is 10.6. The summed E-state index contributed by atoms with van der Waals surface area (Å²) in [6.45, 7) is 18.5. The Labute approximate surface area is 169 Å². The monoisotopic (exact) mass is 396 g/mol. The van der Waals surface area contributed by atoms with Crippen LogP contribution in [-0.2, 0) is 25.4 Å². The predicted octanol–water partition coefficient (Wildman–Crippen LogP) is 6.13. The van der Waals surface area contributed by atoms with E-state index in [0.717, 1.165) is 22.4 Å². The molecule has 0 saturated heterocycles. The highest BCUT2D eigenvalue weighted by Gasteiger charge is 2.27. The SMILES string of the molecule is CCCC(=O)OO[C@H](C)[C@@H](C)Sc1cc(C(C)(C)C)c(O)c(C(C)(C)C)c1. The molecule has 0 radical (unpaired) electrons. The van der Waals surface area contributed by atoms with Gasteiger partial charge in [-0.15, -0.1) is 11.8 Å². The second kappa shape index (κ2) is 9.33. The van der Waals surface area contributed by atoms with Crippen LogP contribution in [0.4, 0.5) is 0 Å². The van der Waals surface area contributed by atoms with Gasteiger partial charge in [0.05, 0.1) is 0 Å². The van der Waals surface area contributed by atoms with Gasteiger partial charge in [0.25, 0.3) is 0 Å². The fourth-order valence-electron chi connectivity index (χ4n) is 2.58. The summed E-state index contributed by atoms with van der Waals surface area (Å²) in [5, 5.41) is 10.9. The molecule has 5 heteroatoms. The first-order valence-electron chi connectivity index (χ1n) is 9.68. The minimum Gasteiger partial charge on any atom is -0.507 e. The zero-order chi connectivity index (χ0) is 21.0. The number of hydrogen-bond acceptors (Lipinski definition) is 5. The van der Waals surface area contributed by atoms with Gasteiger partial charge in [-0.05, 0) is 36.3 Å². The first-order valence-corrected chi connectivity index (χ1v) is 10.6. The van der Waals surface area contributed by atoms with E-state index in [0.29, 0.717) is 12.2 Å². The molecule has 0 spiro atoms. The third-order valence-electron chi connectivity index (χ3n) is 4.43. The van der Waals surface area contributed by atoms with E-state index in [9.17, 15) is 9.90 Å². The second-order valence-electron chi connectivity index (χ2n) is 9.20. The molecule has 0 amide bonds. The van der Waals surface area contributed by atoms with Gasteiger partial charge in [-0.2, -0.15) is 4.89 Å². The summed E-state index contributed by atoms with van der Waals surface area (Å²) in [6, 6.07) is 4.11. The molecule has 1 rings (SSSR count). The number of carbonyl (C=O) groups excluding carboxylic acids is 1. The van der Waals surface area contributed by atoms with Crippen LogP contribution >= 0.6 is 11.8 Å². The average molecular weight is 397 g/mol. The van der Waals surface area contributed by atoms with Crippen molar-refractivity contribution >= 4 is 17.7 Å². The molecule has 2 atom stereocenters. The Morgan fingerprint density at radius 3 is 1.96 bits per heavy atom. The normalized spacial score (nSPS) is 14.7. The number of phenolic OH excluding ortho intramolecular Hbond substituents is 1. The smallest absolute Gasteiger partial charge is 0.342 e. The maximum absolute atomic E-state index is 11.5. The van der Waals surface area contributed by atoms with Gasteiger partial charge in [0, 0.05) is 27.7 Å². The molecule has 0 bridgehead atoms. The van der Waals surface area contributed by atoms with Crippen LogP contribution in [0.5, 0.6) is 5.75 Å². The number of hydrogen-bond donors (Lipinski definition) is 1. The molecule has 0 aromatic heterocycles. The van der Waals surface area contributed by atoms with Gasteiger partial charge in [-0.1, -0.05) is 55.4 Å². The van der Waals surface area contributed by atoms with Crippen LogP contribution in [0.1, 0.15) is 86.3 Å². The van der Waals surface area contributed by atoms with E-state index in [1.165, 1.54) is 0 Å². The lowest BCUT2D eigenvalue weighted by Gasteiger charge is -2.29. The van der Waals surface area contributed by atoms with E-state index in [1.807, 2.05) is 20.8 Å². The highest BCUT2D eigenvalue weighted by molar-refractivity contribution is 8.00. The fraction of sp³-hybridized carbons (Fsp3) is 0.682. The first kappa shape index (κ1) is 23.8. The Hall–Kier alpha value is -1.20. The Morgan fingerprint density at radius 2 is 1.56 bits per heavy atom. The van der Waals surface area contributed by atoms with E-state index in [2.05, 4.69) is 53.7 Å². The van der Waals surface area contributed by atoms with Gasteiger partial charge in [0.1, 0.15) is 11.9 Å². The summed E-state index contributed by atoms with van der Waals surface area (Å²) in [5.74, 6) is 0.0426. The van der Waals surface area contributed by atoms with Crippen LogP contribution < -0.4 is 0 Å². The van der Waals surface area contributed by atoms with Gasteiger partial charge < -0.3 is 5.11 Å². The Morgan fingerprint density at radius 1 is 1.07 bits per heavy atom. The quantitative estimate of drug-likeness (QED) is 0.341. The molecule has 1 N–H and O–H groups in total. The van der Waals surface area contributed by atoms with Gasteiger partial charge in [-0.3, -0.25) is 4.89 Å². The van der Waals surface area contributed by atoms with Crippen LogP contribution in [0.2, 0.25) is 0 Å². The zero-order valence-corrected chi connectivity index (χ0v) is 19.1. The van der Waals surface area contributed by atoms with Crippen molar-refractivity contribution in [1.29, 1.82) is 0 Å². The highest BCUT2D eigenvalue weighted by Crippen LogP contribution is 2.42. The summed E-state index contributed by atoms with van der Waals surface area (Å²) in [4.78, 5) is 22.7. The summed E-state index contributed by atoms with van der Waals surface area (Å²) >= 11 is 1.66. The topological polar surface area (TPSA) is 55.8 Å². The van der Waals surface area contributed by atoms with Crippen molar-refractivity contribution in [3.63, 3.8) is 0 Å². The number of thioether (sulfide) groups is 1. The first-order chi connectivity index (χ1) is 12.3. The molecule has 4 nitrogen and oxygen atoms in total. The Balaban J connectivity index is 3.04. The Bertz CT molecular complexity index is 606. The molecule has 1 aromatic rings. The van der Waals surface area contributed by atoms with E-state index >= 15 is 0 Å². The zero-order valence-electron chi connectivity index (χ0n) is 18.3. The summed E-state index contributed by atoms with van der Waals surface area (Å²) in [5.41, 5.74) is 1.55. The largest absolute Gasteiger partial charge is 0.507 e. The Kier molecular flexibility index (Phi) is 8.24. The molecular weight excluding hydrogens is 360 g/mol. The van der Waals surface area contributed by atoms with Crippen molar-refractivity contribution in [1.82, 2.24) is 0 Å². The molecule has 1 aromatic carbocycles. The molecule has 0 unspecified atom stereocenters. The summed E-state index contributed by atoms with van der Waals surface area (Å²) < 4.78 is 0. The number of carbonyl (C=O) groups is 1. The van der Waals surface area contributed by atoms with Crippen molar-refractivity contribution in [2.24, 2.45) is 0 Å². The minimum absolute atomic E-state index is 0.0737. The standard InChI is InChI=1S/C22H36O4S/c1-10-11-19(23)26-25-14(2)15(3)27-16-12-17(21(4,5)6)20(24)18(13-16)22(7,8)9/h12-15,24H,10-11H2,1-9H3/t14-,15-/m1/s1. The van der Waals surface area contributed by atoms with Gasteiger partial charge in [0.2, 0.25) is 0 Å². The molecule has 27 heavy (non-hydrogen) atoms. The summed E-state index contributed by atoms with van der Waals surface area (Å²) in [6.07, 6.45) is 0.844. The van der Waals surface area contributed by atoms with Gasteiger partial charge in [-0.25, -0.2) is 4.79 Å². The van der Waals surface area contributed by atoms with Crippen LogP contribution in [0.3, 0.4) is 0 Å². The number of benzene rings is 1. The molecule has 0 saturated carbocycles. The van der Waals surface area contributed by atoms with E-state index < -0.39 is 0 Å². The maximum atomic E-state index is 11.5. The van der Waals surface area contributed by atoms with E-state index in [1.54, 1.807) is 11.8 Å². The van der Waals surface area contributed by atoms with Crippen LogP contribution in [0, 0.1) is 0 Å². The molecule has 0 aliphatic heterocycles. The number of phenols is 1. The lowest BCUT2D eigenvalue weighted by Crippen LogP contribution is -2.23.